The van der Waals surface area contributed by atoms with Crippen molar-refractivity contribution in [3.63, 3.8) is 0 Å². The highest BCUT2D eigenvalue weighted by Crippen LogP contribution is 2.30. The highest BCUT2D eigenvalue weighted by Gasteiger charge is 2.15. The lowest BCUT2D eigenvalue weighted by Crippen LogP contribution is -1.97. The molecule has 0 aliphatic carbocycles. The summed E-state index contributed by atoms with van der Waals surface area (Å²) in [6.45, 7) is 1.75. The third-order valence-electron chi connectivity index (χ3n) is 3.77. The molecular formula is C17H11N5O. The zero-order chi connectivity index (χ0) is 16.0. The van der Waals surface area contributed by atoms with Gasteiger partial charge in [0, 0.05) is 17.1 Å². The largest absolute Gasteiger partial charge is 0.493 e. The van der Waals surface area contributed by atoms with Crippen molar-refractivity contribution in [2.24, 2.45) is 0 Å². The normalized spacial score (nSPS) is 11.0. The maximum Gasteiger partial charge on any atom is 0.220 e. The van der Waals surface area contributed by atoms with Gasteiger partial charge in [0.1, 0.15) is 11.6 Å². The van der Waals surface area contributed by atoms with Crippen LogP contribution in [0.5, 0.6) is 5.88 Å². The lowest BCUT2D eigenvalue weighted by Gasteiger charge is -2.07. The molecule has 0 aliphatic rings. The number of pyridine rings is 1. The fourth-order valence-corrected chi connectivity index (χ4v) is 2.65. The summed E-state index contributed by atoms with van der Waals surface area (Å²) in [6.07, 6.45) is 1.64. The third kappa shape index (κ3) is 1.91. The van der Waals surface area contributed by atoms with Gasteiger partial charge in [-0.15, -0.1) is 0 Å². The van der Waals surface area contributed by atoms with Gasteiger partial charge in [-0.05, 0) is 18.6 Å². The minimum atomic E-state index is -0.0807. The number of aromatic nitrogens is 4. The van der Waals surface area contributed by atoms with Crippen molar-refractivity contribution in [1.29, 1.82) is 5.26 Å². The Kier molecular flexibility index (Phi) is 2.75. The van der Waals surface area contributed by atoms with Crippen LogP contribution in [-0.2, 0) is 0 Å². The number of aryl methyl sites for hydroxylation is 1. The Morgan fingerprint density at radius 1 is 1.17 bits per heavy atom. The van der Waals surface area contributed by atoms with Crippen molar-refractivity contribution in [2.45, 2.75) is 6.92 Å². The first-order valence-corrected chi connectivity index (χ1v) is 7.02. The second-order valence-corrected chi connectivity index (χ2v) is 5.20. The maximum absolute atomic E-state index is 10.3. The molecule has 0 radical (unpaired) electrons. The van der Waals surface area contributed by atoms with E-state index < -0.39 is 0 Å². The first-order chi connectivity index (χ1) is 11.2. The van der Waals surface area contributed by atoms with Gasteiger partial charge in [0.15, 0.2) is 11.3 Å². The lowest BCUT2D eigenvalue weighted by molar-refractivity contribution is 0.457. The smallest absolute Gasteiger partial charge is 0.220 e. The number of benzene rings is 1. The van der Waals surface area contributed by atoms with E-state index in [-0.39, 0.29) is 5.88 Å². The summed E-state index contributed by atoms with van der Waals surface area (Å²) >= 11 is 0. The quantitative estimate of drug-likeness (QED) is 0.584. The van der Waals surface area contributed by atoms with Gasteiger partial charge in [-0.1, -0.05) is 30.3 Å². The summed E-state index contributed by atoms with van der Waals surface area (Å²) in [5.41, 5.74) is 3.41. The topological polar surface area (TPSA) is 87.1 Å². The number of hydrogen-bond acceptors (Lipinski definition) is 5. The van der Waals surface area contributed by atoms with E-state index in [2.05, 4.69) is 21.1 Å². The fraction of sp³-hybridized carbons (Fsp3) is 0.0588. The van der Waals surface area contributed by atoms with E-state index in [0.717, 1.165) is 10.9 Å². The number of rotatable bonds is 1. The van der Waals surface area contributed by atoms with Gasteiger partial charge in [0.05, 0.1) is 5.69 Å². The van der Waals surface area contributed by atoms with Crippen molar-refractivity contribution in [1.82, 2.24) is 19.6 Å². The van der Waals surface area contributed by atoms with E-state index in [9.17, 15) is 10.4 Å². The van der Waals surface area contributed by atoms with Crippen LogP contribution in [0.1, 0.15) is 11.3 Å². The van der Waals surface area contributed by atoms with Crippen molar-refractivity contribution in [2.75, 3.05) is 0 Å². The van der Waals surface area contributed by atoms with Crippen molar-refractivity contribution in [3.05, 3.63) is 53.9 Å². The summed E-state index contributed by atoms with van der Waals surface area (Å²) in [6, 6.07) is 13.4. The SMILES string of the molecule is Cc1nn2c(ncc3cc(-c4ccccc4)c(O)nc32)c1C#N. The first-order valence-electron chi connectivity index (χ1n) is 7.02. The predicted molar refractivity (Wildman–Crippen MR) is 84.8 cm³/mol. The Morgan fingerprint density at radius 2 is 1.96 bits per heavy atom. The van der Waals surface area contributed by atoms with Gasteiger partial charge in [0.2, 0.25) is 5.88 Å². The Hall–Kier alpha value is -3.46. The van der Waals surface area contributed by atoms with Crippen LogP contribution in [0.15, 0.2) is 42.6 Å². The number of nitriles is 1. The standard InChI is InChI=1S/C17H11N5O/c1-10-14(8-18)16-19-9-12-7-13(11-5-3-2-4-6-11)17(23)20-15(12)22(16)21-10/h2-7,9H,1H3,(H,20,23). The number of fused-ring (bicyclic) bond motifs is 3. The Balaban J connectivity index is 2.06. The molecular weight excluding hydrogens is 290 g/mol. The number of aromatic hydroxyl groups is 1. The van der Waals surface area contributed by atoms with Gasteiger partial charge < -0.3 is 5.11 Å². The summed E-state index contributed by atoms with van der Waals surface area (Å²) in [4.78, 5) is 8.60. The molecule has 0 amide bonds. The molecule has 4 rings (SSSR count). The molecule has 0 bridgehead atoms. The summed E-state index contributed by atoms with van der Waals surface area (Å²) in [5, 5.41) is 24.6. The highest BCUT2D eigenvalue weighted by molar-refractivity contribution is 5.85. The van der Waals surface area contributed by atoms with E-state index in [4.69, 9.17) is 0 Å². The minimum Gasteiger partial charge on any atom is -0.493 e. The monoisotopic (exact) mass is 301 g/mol. The molecule has 3 heterocycles. The van der Waals surface area contributed by atoms with Crippen molar-refractivity contribution in [3.8, 4) is 23.1 Å². The minimum absolute atomic E-state index is 0.0807. The summed E-state index contributed by atoms with van der Waals surface area (Å²) < 4.78 is 1.50. The molecule has 23 heavy (non-hydrogen) atoms. The molecule has 6 heteroatoms. The fourth-order valence-electron chi connectivity index (χ4n) is 2.65. The van der Waals surface area contributed by atoms with Gasteiger partial charge in [0.25, 0.3) is 0 Å². The van der Waals surface area contributed by atoms with Gasteiger partial charge in [-0.25, -0.2) is 4.98 Å². The van der Waals surface area contributed by atoms with Gasteiger partial charge >= 0.3 is 0 Å². The van der Waals surface area contributed by atoms with Crippen LogP contribution in [-0.4, -0.2) is 24.7 Å². The van der Waals surface area contributed by atoms with Gasteiger partial charge in [-0.3, -0.25) is 0 Å². The summed E-state index contributed by atoms with van der Waals surface area (Å²) in [5.74, 6) is -0.0807. The second kappa shape index (κ2) is 4.78. The summed E-state index contributed by atoms with van der Waals surface area (Å²) in [7, 11) is 0. The molecule has 0 atom stereocenters. The number of hydrogen-bond donors (Lipinski definition) is 1. The Bertz CT molecular complexity index is 1090. The van der Waals surface area contributed by atoms with E-state index in [0.29, 0.717) is 28.1 Å². The van der Waals surface area contributed by atoms with Crippen molar-refractivity contribution < 1.29 is 5.11 Å². The van der Waals surface area contributed by atoms with Crippen LogP contribution in [0.2, 0.25) is 0 Å². The van der Waals surface area contributed by atoms with Crippen LogP contribution < -0.4 is 0 Å². The first kappa shape index (κ1) is 13.2. The molecule has 0 saturated carbocycles. The molecule has 0 aliphatic heterocycles. The maximum atomic E-state index is 10.3. The number of nitrogens with zero attached hydrogens (tertiary/aromatic N) is 5. The van der Waals surface area contributed by atoms with Crippen LogP contribution in [0.25, 0.3) is 27.8 Å². The zero-order valence-electron chi connectivity index (χ0n) is 12.2. The molecule has 0 fully saturated rings. The van der Waals surface area contributed by atoms with E-state index in [1.165, 1.54) is 4.52 Å². The molecule has 110 valence electrons. The van der Waals surface area contributed by atoms with E-state index >= 15 is 0 Å². The van der Waals surface area contributed by atoms with E-state index in [1.54, 1.807) is 13.1 Å². The van der Waals surface area contributed by atoms with Crippen LogP contribution in [0.4, 0.5) is 0 Å². The van der Waals surface area contributed by atoms with E-state index in [1.807, 2.05) is 36.4 Å². The Labute approximate surface area is 131 Å². The molecule has 0 spiro atoms. The Morgan fingerprint density at radius 3 is 2.70 bits per heavy atom. The van der Waals surface area contributed by atoms with Crippen LogP contribution in [0.3, 0.4) is 0 Å². The lowest BCUT2D eigenvalue weighted by atomic mass is 10.1. The zero-order valence-corrected chi connectivity index (χ0v) is 12.2. The average molecular weight is 301 g/mol. The third-order valence-corrected chi connectivity index (χ3v) is 3.77. The van der Waals surface area contributed by atoms with Crippen LogP contribution in [0, 0.1) is 18.3 Å². The molecule has 0 unspecified atom stereocenters. The molecule has 3 aromatic heterocycles. The average Bonchev–Trinajstić information content (AvgIpc) is 2.90. The molecule has 0 saturated heterocycles. The van der Waals surface area contributed by atoms with Crippen LogP contribution >= 0.6 is 0 Å². The molecule has 1 aromatic carbocycles. The van der Waals surface area contributed by atoms with Gasteiger partial charge in [-0.2, -0.15) is 19.9 Å². The second-order valence-electron chi connectivity index (χ2n) is 5.20. The molecule has 6 nitrogen and oxygen atoms in total. The molecule has 4 aromatic rings. The predicted octanol–water partition coefficient (Wildman–Crippen LogP) is 2.83. The van der Waals surface area contributed by atoms with Crippen molar-refractivity contribution >= 4 is 16.7 Å². The highest BCUT2D eigenvalue weighted by atomic mass is 16.3. The molecule has 1 N–H and O–H groups in total.